The second-order valence-electron chi connectivity index (χ2n) is 10.2. The number of halogens is 2. The molecule has 2 amide bonds. The molecule has 0 saturated carbocycles. The van der Waals surface area contributed by atoms with Crippen molar-refractivity contribution in [1.29, 1.82) is 0 Å². The summed E-state index contributed by atoms with van der Waals surface area (Å²) in [5.41, 5.74) is 8.67. The van der Waals surface area contributed by atoms with Crippen LogP contribution in [-0.4, -0.2) is 56.2 Å². The van der Waals surface area contributed by atoms with Crippen LogP contribution < -0.4 is 15.2 Å². The number of rotatable bonds is 5. The van der Waals surface area contributed by atoms with Crippen molar-refractivity contribution < 1.29 is 19.1 Å². The van der Waals surface area contributed by atoms with E-state index in [4.69, 9.17) is 43.5 Å². The van der Waals surface area contributed by atoms with Crippen LogP contribution in [0.3, 0.4) is 0 Å². The molecule has 0 bridgehead atoms. The van der Waals surface area contributed by atoms with Gasteiger partial charge in [-0.3, -0.25) is 9.59 Å². The lowest BCUT2D eigenvalue weighted by Crippen LogP contribution is -2.43. The zero-order valence-electron chi connectivity index (χ0n) is 22.5. The highest BCUT2D eigenvalue weighted by Crippen LogP contribution is 2.46. The van der Waals surface area contributed by atoms with E-state index < -0.39 is 11.4 Å². The molecule has 10 nitrogen and oxygen atoms in total. The monoisotopic (exact) mass is 580 g/mol. The second kappa shape index (κ2) is 10.1. The highest BCUT2D eigenvalue weighted by molar-refractivity contribution is 6.34. The predicted octanol–water partition coefficient (Wildman–Crippen LogP) is 5.17. The molecule has 12 heteroatoms. The molecule has 2 aromatic carbocycles. The molecular formula is C28H26Cl2N6O4. The number of aromatic nitrogens is 4. The Morgan fingerprint density at radius 2 is 1.75 bits per heavy atom. The number of nitrogens with two attached hydrogens (primary N) is 1. The molecule has 0 aliphatic carbocycles. The molecule has 1 aliphatic heterocycles. The van der Waals surface area contributed by atoms with Gasteiger partial charge in [0.25, 0.3) is 11.8 Å². The lowest BCUT2D eigenvalue weighted by molar-refractivity contribution is 0.0646. The average Bonchev–Trinajstić information content (AvgIpc) is 3.30. The molecule has 2 N–H and O–H groups in total. The molecule has 3 heterocycles. The molecule has 206 valence electrons. The molecule has 2 aromatic heterocycles. The van der Waals surface area contributed by atoms with Crippen LogP contribution in [0.2, 0.25) is 10.0 Å². The Balaban J connectivity index is 1.79. The fraction of sp³-hybridized carbons (Fsp3) is 0.250. The third-order valence-electron chi connectivity index (χ3n) is 6.71. The number of fused-ring (bicyclic) bond motifs is 3. The Morgan fingerprint density at radius 1 is 1.05 bits per heavy atom. The maximum absolute atomic E-state index is 13.7. The van der Waals surface area contributed by atoms with Gasteiger partial charge in [-0.25, -0.2) is 14.6 Å². The maximum atomic E-state index is 13.7. The smallest absolute Gasteiger partial charge is 0.274 e. The van der Waals surface area contributed by atoms with Crippen LogP contribution in [0.5, 0.6) is 11.5 Å². The molecule has 0 spiro atoms. The van der Waals surface area contributed by atoms with Gasteiger partial charge in [0, 0.05) is 45.4 Å². The summed E-state index contributed by atoms with van der Waals surface area (Å²) in [6.45, 7) is 5.92. The zero-order valence-corrected chi connectivity index (χ0v) is 24.0. The van der Waals surface area contributed by atoms with Crippen LogP contribution in [-0.2, 0) is 6.61 Å². The maximum Gasteiger partial charge on any atom is 0.274 e. The summed E-state index contributed by atoms with van der Waals surface area (Å²) in [5, 5.41) is 5.59. The first kappa shape index (κ1) is 27.4. The van der Waals surface area contributed by atoms with Gasteiger partial charge in [-0.15, -0.1) is 0 Å². The van der Waals surface area contributed by atoms with Crippen molar-refractivity contribution in [1.82, 2.24) is 24.6 Å². The van der Waals surface area contributed by atoms with Crippen LogP contribution in [0.4, 0.5) is 0 Å². The molecule has 0 radical (unpaired) electrons. The highest BCUT2D eigenvalue weighted by atomic mass is 35.5. The van der Waals surface area contributed by atoms with E-state index in [1.165, 1.54) is 19.5 Å². The van der Waals surface area contributed by atoms with E-state index in [9.17, 15) is 9.59 Å². The SMILES string of the molecule is COc1cc2c(cc1-c1cc(C(N)=O)ncn1)-c1c(c(C(=O)N(C)C(C)(C)C)nn1-c1cc(Cl)cc(Cl)c1)CO2. The topological polar surface area (TPSA) is 125 Å². The van der Waals surface area contributed by atoms with Crippen LogP contribution in [0.15, 0.2) is 42.7 Å². The first-order chi connectivity index (χ1) is 18.9. The standard InChI is InChI=1S/C28H26Cl2N6O4/c1-28(2,3)35(4)27(38)24-19-12-40-23-11-22(39-5)17(20-10-21(26(31)37)33-13-32-20)9-18(23)25(19)36(34-24)16-7-14(29)6-15(30)8-16/h6-11,13H,12H2,1-5H3,(H2,31,37). The summed E-state index contributed by atoms with van der Waals surface area (Å²) in [6.07, 6.45) is 1.26. The fourth-order valence-electron chi connectivity index (χ4n) is 4.37. The van der Waals surface area contributed by atoms with Gasteiger partial charge in [0.05, 0.1) is 24.2 Å². The number of methoxy groups -OCH3 is 1. The van der Waals surface area contributed by atoms with Crippen molar-refractivity contribution in [2.24, 2.45) is 5.73 Å². The lowest BCUT2D eigenvalue weighted by atomic mass is 9.97. The third-order valence-corrected chi connectivity index (χ3v) is 7.15. The number of hydrogen-bond donors (Lipinski definition) is 1. The van der Waals surface area contributed by atoms with Gasteiger partial charge in [-0.05, 0) is 51.1 Å². The van der Waals surface area contributed by atoms with E-state index in [0.717, 1.165) is 0 Å². The van der Waals surface area contributed by atoms with E-state index in [2.05, 4.69) is 9.97 Å². The summed E-state index contributed by atoms with van der Waals surface area (Å²) >= 11 is 12.7. The Hall–Kier alpha value is -4.15. The van der Waals surface area contributed by atoms with Gasteiger partial charge in [0.15, 0.2) is 5.69 Å². The summed E-state index contributed by atoms with van der Waals surface area (Å²) in [5.74, 6) is 0.0122. The number of carbonyl (C=O) groups excluding carboxylic acids is 2. The average molecular weight is 581 g/mol. The van der Waals surface area contributed by atoms with Crippen LogP contribution in [0.1, 0.15) is 47.3 Å². The van der Waals surface area contributed by atoms with E-state index in [0.29, 0.717) is 55.3 Å². The normalized spacial score (nSPS) is 12.3. The lowest BCUT2D eigenvalue weighted by Gasteiger charge is -2.31. The van der Waals surface area contributed by atoms with Crippen molar-refractivity contribution in [2.45, 2.75) is 32.9 Å². The number of carbonyl (C=O) groups is 2. The molecular weight excluding hydrogens is 555 g/mol. The minimum absolute atomic E-state index is 0.0541. The molecule has 5 rings (SSSR count). The summed E-state index contributed by atoms with van der Waals surface area (Å²) in [6, 6.07) is 10.1. The number of primary amides is 1. The van der Waals surface area contributed by atoms with Gasteiger partial charge in [0.2, 0.25) is 0 Å². The van der Waals surface area contributed by atoms with Crippen molar-refractivity contribution >= 4 is 35.0 Å². The van der Waals surface area contributed by atoms with Crippen molar-refractivity contribution in [3.05, 3.63) is 69.7 Å². The van der Waals surface area contributed by atoms with E-state index in [-0.39, 0.29) is 23.9 Å². The minimum Gasteiger partial charge on any atom is -0.496 e. The third kappa shape index (κ3) is 4.84. The Labute approximate surface area is 240 Å². The van der Waals surface area contributed by atoms with E-state index >= 15 is 0 Å². The summed E-state index contributed by atoms with van der Waals surface area (Å²) < 4.78 is 13.4. The fourth-order valence-corrected chi connectivity index (χ4v) is 4.89. The number of ether oxygens (including phenoxy) is 2. The molecule has 0 fully saturated rings. The van der Waals surface area contributed by atoms with E-state index in [1.54, 1.807) is 40.9 Å². The predicted molar refractivity (Wildman–Crippen MR) is 151 cm³/mol. The first-order valence-electron chi connectivity index (χ1n) is 12.2. The number of benzene rings is 2. The quantitative estimate of drug-likeness (QED) is 0.345. The zero-order chi connectivity index (χ0) is 28.9. The van der Waals surface area contributed by atoms with Gasteiger partial charge in [-0.1, -0.05) is 23.2 Å². The molecule has 40 heavy (non-hydrogen) atoms. The van der Waals surface area contributed by atoms with E-state index in [1.807, 2.05) is 26.8 Å². The Morgan fingerprint density at radius 3 is 2.38 bits per heavy atom. The van der Waals surface area contributed by atoms with Crippen LogP contribution >= 0.6 is 23.2 Å². The molecule has 0 unspecified atom stereocenters. The highest BCUT2D eigenvalue weighted by Gasteiger charge is 2.35. The number of nitrogens with zero attached hydrogens (tertiary/aromatic N) is 5. The van der Waals surface area contributed by atoms with Gasteiger partial charge < -0.3 is 20.1 Å². The molecule has 0 atom stereocenters. The molecule has 4 aromatic rings. The van der Waals surface area contributed by atoms with Crippen molar-refractivity contribution in [3.8, 4) is 39.7 Å². The van der Waals surface area contributed by atoms with Crippen molar-refractivity contribution in [2.75, 3.05) is 14.2 Å². The minimum atomic E-state index is -0.687. The Bertz CT molecular complexity index is 1660. The van der Waals surface area contributed by atoms with Crippen LogP contribution in [0, 0.1) is 0 Å². The van der Waals surface area contributed by atoms with Crippen molar-refractivity contribution in [3.63, 3.8) is 0 Å². The second-order valence-corrected chi connectivity index (χ2v) is 11.1. The largest absolute Gasteiger partial charge is 0.496 e. The molecule has 1 aliphatic rings. The summed E-state index contributed by atoms with van der Waals surface area (Å²) in [7, 11) is 3.25. The van der Waals surface area contributed by atoms with Gasteiger partial charge >= 0.3 is 0 Å². The Kier molecular flexibility index (Phi) is 6.93. The van der Waals surface area contributed by atoms with Gasteiger partial charge in [-0.2, -0.15) is 5.10 Å². The first-order valence-corrected chi connectivity index (χ1v) is 13.0. The number of hydrogen-bond acceptors (Lipinski definition) is 7. The van der Waals surface area contributed by atoms with Gasteiger partial charge in [0.1, 0.15) is 30.1 Å². The van der Waals surface area contributed by atoms with Crippen LogP contribution in [0.25, 0.3) is 28.2 Å². The molecule has 0 saturated heterocycles. The number of amides is 2. The summed E-state index contributed by atoms with van der Waals surface area (Å²) in [4.78, 5) is 35.4.